The molecule has 1 atom stereocenters. The van der Waals surface area contributed by atoms with Crippen molar-refractivity contribution in [3.8, 4) is 0 Å². The van der Waals surface area contributed by atoms with Crippen LogP contribution in [0, 0.1) is 6.92 Å². The third-order valence-corrected chi connectivity index (χ3v) is 5.32. The minimum Gasteiger partial charge on any atom is -0.345 e. The lowest BCUT2D eigenvalue weighted by Crippen LogP contribution is -2.49. The number of rotatable bonds is 8. The molecule has 0 aliphatic heterocycles. The van der Waals surface area contributed by atoms with Crippen molar-refractivity contribution >= 4 is 39.3 Å². The van der Waals surface area contributed by atoms with Crippen LogP contribution in [-0.4, -0.2) is 30.3 Å². The van der Waals surface area contributed by atoms with Gasteiger partial charge in [-0.15, -0.1) is 0 Å². The molecule has 0 spiro atoms. The van der Waals surface area contributed by atoms with Crippen molar-refractivity contribution < 1.29 is 14.4 Å². The molecule has 1 unspecified atom stereocenters. The zero-order chi connectivity index (χ0) is 22.9. The van der Waals surface area contributed by atoms with Gasteiger partial charge in [-0.1, -0.05) is 64.5 Å². The van der Waals surface area contributed by atoms with E-state index in [1.165, 1.54) is 0 Å². The maximum atomic E-state index is 12.9. The fraction of sp³-hybridized carbons (Fsp3) is 0.160. The van der Waals surface area contributed by atoms with E-state index in [0.29, 0.717) is 17.7 Å². The lowest BCUT2D eigenvalue weighted by atomic mass is 10.0. The Hall–Kier alpha value is -3.45. The van der Waals surface area contributed by atoms with Gasteiger partial charge in [-0.2, -0.15) is 0 Å². The average Bonchev–Trinajstić information content (AvgIpc) is 2.80. The summed E-state index contributed by atoms with van der Waals surface area (Å²) < 4.78 is 0.916. The Morgan fingerprint density at radius 2 is 1.56 bits per heavy atom. The molecule has 164 valence electrons. The fourth-order valence-corrected chi connectivity index (χ4v) is 3.62. The van der Waals surface area contributed by atoms with Crippen LogP contribution in [0.3, 0.4) is 0 Å². The summed E-state index contributed by atoms with van der Waals surface area (Å²) in [5.74, 6) is -1.13. The Bertz CT molecular complexity index is 1090. The number of carbonyl (C=O) groups excluding carboxylic acids is 3. The molecule has 3 N–H and O–H groups in total. The first-order valence-corrected chi connectivity index (χ1v) is 11.0. The van der Waals surface area contributed by atoms with E-state index in [2.05, 4.69) is 31.9 Å². The SMILES string of the molecule is Cc1cc(Br)ccc1NC(=O)CNC(=O)C(Cc1ccccc1)NC(=O)c1ccccc1. The molecule has 0 saturated carbocycles. The molecule has 0 aliphatic rings. The molecule has 32 heavy (non-hydrogen) atoms. The molecule has 0 saturated heterocycles. The summed E-state index contributed by atoms with van der Waals surface area (Å²) >= 11 is 3.39. The van der Waals surface area contributed by atoms with Crippen LogP contribution >= 0.6 is 15.9 Å². The summed E-state index contributed by atoms with van der Waals surface area (Å²) in [5.41, 5.74) is 2.93. The Morgan fingerprint density at radius 3 is 2.22 bits per heavy atom. The second-order valence-electron chi connectivity index (χ2n) is 7.31. The van der Waals surface area contributed by atoms with Crippen molar-refractivity contribution in [2.24, 2.45) is 0 Å². The first-order chi connectivity index (χ1) is 15.4. The summed E-state index contributed by atoms with van der Waals surface area (Å²) in [6, 6.07) is 22.8. The number of hydrogen-bond donors (Lipinski definition) is 3. The minimum absolute atomic E-state index is 0.208. The van der Waals surface area contributed by atoms with Crippen LogP contribution in [0.2, 0.25) is 0 Å². The van der Waals surface area contributed by atoms with Gasteiger partial charge in [-0.3, -0.25) is 14.4 Å². The molecule has 3 rings (SSSR count). The second kappa shape index (κ2) is 11.2. The predicted molar refractivity (Wildman–Crippen MR) is 128 cm³/mol. The molecule has 3 aromatic carbocycles. The lowest BCUT2D eigenvalue weighted by Gasteiger charge is -2.19. The smallest absolute Gasteiger partial charge is 0.251 e. The topological polar surface area (TPSA) is 87.3 Å². The summed E-state index contributed by atoms with van der Waals surface area (Å²) in [6.45, 7) is 1.68. The maximum absolute atomic E-state index is 12.9. The Morgan fingerprint density at radius 1 is 0.906 bits per heavy atom. The molecule has 3 aromatic rings. The minimum atomic E-state index is -0.827. The van der Waals surface area contributed by atoms with Crippen LogP contribution in [0.25, 0.3) is 0 Å². The monoisotopic (exact) mass is 493 g/mol. The van der Waals surface area contributed by atoms with E-state index in [9.17, 15) is 14.4 Å². The number of hydrogen-bond acceptors (Lipinski definition) is 3. The first kappa shape index (κ1) is 23.2. The molecule has 0 heterocycles. The standard InChI is InChI=1S/C25H24BrN3O3/c1-17-14-20(26)12-13-21(17)28-23(30)16-27-25(32)22(15-18-8-4-2-5-9-18)29-24(31)19-10-6-3-7-11-19/h2-14,22H,15-16H2,1H3,(H,27,32)(H,28,30)(H,29,31). The third-order valence-electron chi connectivity index (χ3n) is 4.83. The number of amides is 3. The highest BCUT2D eigenvalue weighted by Gasteiger charge is 2.22. The zero-order valence-electron chi connectivity index (χ0n) is 17.6. The highest BCUT2D eigenvalue weighted by molar-refractivity contribution is 9.10. The van der Waals surface area contributed by atoms with Crippen molar-refractivity contribution in [2.75, 3.05) is 11.9 Å². The molecular formula is C25H24BrN3O3. The van der Waals surface area contributed by atoms with Crippen LogP contribution in [0.15, 0.2) is 83.3 Å². The quantitative estimate of drug-likeness (QED) is 0.445. The highest BCUT2D eigenvalue weighted by atomic mass is 79.9. The fourth-order valence-electron chi connectivity index (χ4n) is 3.14. The van der Waals surface area contributed by atoms with Gasteiger partial charge in [0.05, 0.1) is 6.54 Å². The molecule has 3 amide bonds. The number of anilines is 1. The number of benzene rings is 3. The summed E-state index contributed by atoms with van der Waals surface area (Å²) in [7, 11) is 0. The highest BCUT2D eigenvalue weighted by Crippen LogP contribution is 2.19. The molecule has 6 nitrogen and oxygen atoms in total. The Labute approximate surface area is 195 Å². The first-order valence-electron chi connectivity index (χ1n) is 10.2. The predicted octanol–water partition coefficient (Wildman–Crippen LogP) is 3.85. The van der Waals surface area contributed by atoms with Crippen LogP contribution in [-0.2, 0) is 16.0 Å². The van der Waals surface area contributed by atoms with Gasteiger partial charge < -0.3 is 16.0 Å². The Balaban J connectivity index is 1.64. The number of nitrogens with one attached hydrogen (secondary N) is 3. The van der Waals surface area contributed by atoms with Gasteiger partial charge in [-0.25, -0.2) is 0 Å². The van der Waals surface area contributed by atoms with E-state index in [-0.39, 0.29) is 18.4 Å². The van der Waals surface area contributed by atoms with Gasteiger partial charge >= 0.3 is 0 Å². The summed E-state index contributed by atoms with van der Waals surface area (Å²) in [6.07, 6.45) is 0.304. The molecule has 0 fully saturated rings. The lowest BCUT2D eigenvalue weighted by molar-refractivity contribution is -0.125. The van der Waals surface area contributed by atoms with Crippen LogP contribution in [0.1, 0.15) is 21.5 Å². The molecule has 0 aliphatic carbocycles. The van der Waals surface area contributed by atoms with Crippen molar-refractivity contribution in [3.63, 3.8) is 0 Å². The van der Waals surface area contributed by atoms with Crippen molar-refractivity contribution in [1.82, 2.24) is 10.6 Å². The molecule has 0 radical (unpaired) electrons. The van der Waals surface area contributed by atoms with Crippen LogP contribution in [0.4, 0.5) is 5.69 Å². The van der Waals surface area contributed by atoms with E-state index in [0.717, 1.165) is 15.6 Å². The van der Waals surface area contributed by atoms with Crippen molar-refractivity contribution in [1.29, 1.82) is 0 Å². The van der Waals surface area contributed by atoms with Crippen molar-refractivity contribution in [2.45, 2.75) is 19.4 Å². The summed E-state index contributed by atoms with van der Waals surface area (Å²) in [4.78, 5) is 37.8. The van der Waals surface area contributed by atoms with E-state index in [1.54, 1.807) is 30.3 Å². The number of carbonyl (C=O) groups is 3. The Kier molecular flexibility index (Phi) is 8.16. The molecular weight excluding hydrogens is 470 g/mol. The van der Waals surface area contributed by atoms with E-state index in [1.807, 2.05) is 55.5 Å². The number of halogens is 1. The second-order valence-corrected chi connectivity index (χ2v) is 8.22. The van der Waals surface area contributed by atoms with Crippen LogP contribution in [0.5, 0.6) is 0 Å². The van der Waals surface area contributed by atoms with Gasteiger partial charge in [0.25, 0.3) is 5.91 Å². The molecule has 0 bridgehead atoms. The molecule has 0 aromatic heterocycles. The number of aryl methyl sites for hydroxylation is 1. The van der Waals surface area contributed by atoms with Crippen LogP contribution < -0.4 is 16.0 Å². The summed E-state index contributed by atoms with van der Waals surface area (Å²) in [5, 5.41) is 8.20. The zero-order valence-corrected chi connectivity index (χ0v) is 19.2. The van der Waals surface area contributed by atoms with Gasteiger partial charge in [0.2, 0.25) is 11.8 Å². The average molecular weight is 494 g/mol. The van der Waals surface area contributed by atoms with Gasteiger partial charge in [0, 0.05) is 22.1 Å². The van der Waals surface area contributed by atoms with E-state index >= 15 is 0 Å². The van der Waals surface area contributed by atoms with Gasteiger partial charge in [0.1, 0.15) is 6.04 Å². The van der Waals surface area contributed by atoms with Gasteiger partial charge in [0.15, 0.2) is 0 Å². The van der Waals surface area contributed by atoms with E-state index in [4.69, 9.17) is 0 Å². The van der Waals surface area contributed by atoms with Crippen molar-refractivity contribution in [3.05, 3.63) is 100 Å². The normalized spacial score (nSPS) is 11.3. The van der Waals surface area contributed by atoms with E-state index < -0.39 is 11.9 Å². The maximum Gasteiger partial charge on any atom is 0.251 e. The largest absolute Gasteiger partial charge is 0.345 e. The van der Waals surface area contributed by atoms with Gasteiger partial charge in [-0.05, 0) is 48.4 Å². The molecule has 7 heteroatoms. The third kappa shape index (κ3) is 6.78.